The number of anilines is 1. The van der Waals surface area contributed by atoms with Gasteiger partial charge in [-0.05, 0) is 12.1 Å². The summed E-state index contributed by atoms with van der Waals surface area (Å²) in [6.45, 7) is 0.605. The third-order valence-electron chi connectivity index (χ3n) is 2.43. The van der Waals surface area contributed by atoms with Gasteiger partial charge in [-0.3, -0.25) is 0 Å². The Labute approximate surface area is 103 Å². The Balaban J connectivity index is 2.24. The minimum Gasteiger partial charge on any atom is -0.478 e. The Bertz CT molecular complexity index is 511. The summed E-state index contributed by atoms with van der Waals surface area (Å²) >= 11 is 1.53. The van der Waals surface area contributed by atoms with E-state index < -0.39 is 5.97 Å². The van der Waals surface area contributed by atoms with Crippen LogP contribution in [0.4, 0.5) is 5.69 Å². The molecule has 0 bridgehead atoms. The van der Waals surface area contributed by atoms with Crippen molar-refractivity contribution in [3.05, 3.63) is 46.4 Å². The summed E-state index contributed by atoms with van der Waals surface area (Å²) in [5, 5.41) is 11.1. The molecule has 0 saturated carbocycles. The van der Waals surface area contributed by atoms with Crippen molar-refractivity contribution in [3.63, 3.8) is 0 Å². The average molecular weight is 248 g/mol. The third-order valence-corrected chi connectivity index (χ3v) is 3.06. The second kappa shape index (κ2) is 4.97. The highest BCUT2D eigenvalue weighted by molar-refractivity contribution is 7.07. The lowest BCUT2D eigenvalue weighted by molar-refractivity contribution is 0.0697. The van der Waals surface area contributed by atoms with Crippen LogP contribution in [-0.2, 0) is 6.54 Å². The van der Waals surface area contributed by atoms with Crippen LogP contribution in [0.3, 0.4) is 0 Å². The van der Waals surface area contributed by atoms with Gasteiger partial charge in [0, 0.05) is 12.4 Å². The topological polar surface area (TPSA) is 53.4 Å². The van der Waals surface area contributed by atoms with Gasteiger partial charge in [0.15, 0.2) is 0 Å². The number of rotatable bonds is 4. The monoisotopic (exact) mass is 248 g/mol. The zero-order valence-corrected chi connectivity index (χ0v) is 10.1. The van der Waals surface area contributed by atoms with Crippen LogP contribution in [-0.4, -0.2) is 23.1 Å². The van der Waals surface area contributed by atoms with Gasteiger partial charge in [-0.15, -0.1) is 11.3 Å². The number of carboxylic acids is 1. The highest BCUT2D eigenvalue weighted by Crippen LogP contribution is 2.20. The maximum Gasteiger partial charge on any atom is 0.337 e. The first-order chi connectivity index (χ1) is 8.18. The van der Waals surface area contributed by atoms with Crippen molar-refractivity contribution in [2.24, 2.45) is 0 Å². The summed E-state index contributed by atoms with van der Waals surface area (Å²) in [7, 11) is 1.86. The molecule has 0 saturated heterocycles. The molecule has 0 fully saturated rings. The Morgan fingerprint density at radius 3 is 2.88 bits per heavy atom. The highest BCUT2D eigenvalue weighted by atomic mass is 32.1. The molecule has 0 spiro atoms. The minimum atomic E-state index is -0.911. The highest BCUT2D eigenvalue weighted by Gasteiger charge is 2.13. The first-order valence-electron chi connectivity index (χ1n) is 5.09. The molecule has 5 heteroatoms. The van der Waals surface area contributed by atoms with E-state index in [1.54, 1.807) is 23.7 Å². The van der Waals surface area contributed by atoms with Crippen LogP contribution in [0, 0.1) is 0 Å². The standard InChI is InChI=1S/C12H12N2O2S/c1-14(6-9-7-17-8-13-9)11-5-3-2-4-10(11)12(15)16/h2-5,7-8H,6H2,1H3,(H,15,16). The first-order valence-corrected chi connectivity index (χ1v) is 6.03. The summed E-state index contributed by atoms with van der Waals surface area (Å²) in [4.78, 5) is 17.2. The van der Waals surface area contributed by atoms with Gasteiger partial charge in [-0.2, -0.15) is 0 Å². The summed E-state index contributed by atoms with van der Waals surface area (Å²) in [6, 6.07) is 6.97. The van der Waals surface area contributed by atoms with Crippen molar-refractivity contribution < 1.29 is 9.90 Å². The molecule has 4 nitrogen and oxygen atoms in total. The Hall–Kier alpha value is -1.88. The number of hydrogen-bond acceptors (Lipinski definition) is 4. The van der Waals surface area contributed by atoms with Gasteiger partial charge in [0.25, 0.3) is 0 Å². The van der Waals surface area contributed by atoms with Gasteiger partial charge in [0.2, 0.25) is 0 Å². The number of benzene rings is 1. The lowest BCUT2D eigenvalue weighted by Crippen LogP contribution is -2.19. The lowest BCUT2D eigenvalue weighted by atomic mass is 10.1. The fraction of sp³-hybridized carbons (Fsp3) is 0.167. The number of aromatic nitrogens is 1. The molecule has 0 unspecified atom stereocenters. The molecule has 0 aliphatic rings. The molecule has 0 radical (unpaired) electrons. The molecule has 1 heterocycles. The Kier molecular flexibility index (Phi) is 3.39. The first kappa shape index (κ1) is 11.6. The Morgan fingerprint density at radius 2 is 2.24 bits per heavy atom. The van der Waals surface area contributed by atoms with Crippen molar-refractivity contribution in [1.29, 1.82) is 0 Å². The van der Waals surface area contributed by atoms with Crippen molar-refractivity contribution in [1.82, 2.24) is 4.98 Å². The maximum absolute atomic E-state index is 11.1. The van der Waals surface area contributed by atoms with Crippen molar-refractivity contribution in [2.45, 2.75) is 6.54 Å². The van der Waals surface area contributed by atoms with Crippen LogP contribution in [0.15, 0.2) is 35.2 Å². The van der Waals surface area contributed by atoms with Gasteiger partial charge in [0.05, 0.1) is 29.0 Å². The summed E-state index contributed by atoms with van der Waals surface area (Å²) < 4.78 is 0. The number of aromatic carboxylic acids is 1. The molecule has 17 heavy (non-hydrogen) atoms. The zero-order valence-electron chi connectivity index (χ0n) is 9.33. The van der Waals surface area contributed by atoms with E-state index in [4.69, 9.17) is 5.11 Å². The van der Waals surface area contributed by atoms with Gasteiger partial charge in [0.1, 0.15) is 0 Å². The van der Waals surface area contributed by atoms with Crippen LogP contribution in [0.2, 0.25) is 0 Å². The largest absolute Gasteiger partial charge is 0.478 e. The van der Waals surface area contributed by atoms with E-state index in [1.807, 2.05) is 23.4 Å². The second-order valence-corrected chi connectivity index (χ2v) is 4.38. The SMILES string of the molecule is CN(Cc1cscn1)c1ccccc1C(=O)O. The molecule has 2 aromatic rings. The van der Waals surface area contributed by atoms with Crippen LogP contribution in [0.5, 0.6) is 0 Å². The maximum atomic E-state index is 11.1. The van der Waals surface area contributed by atoms with E-state index in [2.05, 4.69) is 4.98 Å². The van der Waals surface area contributed by atoms with E-state index in [0.717, 1.165) is 5.69 Å². The number of nitrogens with zero attached hydrogens (tertiary/aromatic N) is 2. The van der Waals surface area contributed by atoms with E-state index in [0.29, 0.717) is 17.8 Å². The van der Waals surface area contributed by atoms with Crippen LogP contribution >= 0.6 is 11.3 Å². The molecule has 0 atom stereocenters. The molecule has 0 amide bonds. The van der Waals surface area contributed by atoms with E-state index in [9.17, 15) is 4.79 Å². The summed E-state index contributed by atoms with van der Waals surface area (Å²) in [5.74, 6) is -0.911. The van der Waals surface area contributed by atoms with Crippen LogP contribution in [0.1, 0.15) is 16.1 Å². The van der Waals surface area contributed by atoms with Crippen LogP contribution < -0.4 is 4.90 Å². The van der Waals surface area contributed by atoms with Gasteiger partial charge in [-0.25, -0.2) is 9.78 Å². The van der Waals surface area contributed by atoms with E-state index in [1.165, 1.54) is 11.3 Å². The number of hydrogen-bond donors (Lipinski definition) is 1. The predicted octanol–water partition coefficient (Wildman–Crippen LogP) is 2.48. The predicted molar refractivity (Wildman–Crippen MR) is 67.6 cm³/mol. The van der Waals surface area contributed by atoms with E-state index in [-0.39, 0.29) is 0 Å². The molecule has 0 aliphatic carbocycles. The number of carbonyl (C=O) groups is 1. The van der Waals surface area contributed by atoms with Crippen molar-refractivity contribution >= 4 is 23.0 Å². The van der Waals surface area contributed by atoms with Crippen molar-refractivity contribution in [3.8, 4) is 0 Å². The van der Waals surface area contributed by atoms with Gasteiger partial charge < -0.3 is 10.0 Å². The van der Waals surface area contributed by atoms with Crippen molar-refractivity contribution in [2.75, 3.05) is 11.9 Å². The fourth-order valence-corrected chi connectivity index (χ4v) is 2.18. The zero-order chi connectivity index (χ0) is 12.3. The van der Waals surface area contributed by atoms with E-state index >= 15 is 0 Å². The molecular formula is C12H12N2O2S. The van der Waals surface area contributed by atoms with Crippen LogP contribution in [0.25, 0.3) is 0 Å². The third kappa shape index (κ3) is 2.62. The molecule has 0 aliphatic heterocycles. The molecule has 1 aromatic heterocycles. The quantitative estimate of drug-likeness (QED) is 0.903. The second-order valence-electron chi connectivity index (χ2n) is 3.66. The Morgan fingerprint density at radius 1 is 1.47 bits per heavy atom. The molecule has 88 valence electrons. The molecule has 1 aromatic carbocycles. The summed E-state index contributed by atoms with van der Waals surface area (Å²) in [5.41, 5.74) is 3.72. The van der Waals surface area contributed by atoms with Gasteiger partial charge >= 0.3 is 5.97 Å². The number of para-hydroxylation sites is 1. The summed E-state index contributed by atoms with van der Waals surface area (Å²) in [6.07, 6.45) is 0. The fourth-order valence-electron chi connectivity index (χ4n) is 1.63. The molecule has 1 N–H and O–H groups in total. The number of carboxylic acid groups (broad SMARTS) is 1. The number of thiazole rings is 1. The van der Waals surface area contributed by atoms with Gasteiger partial charge in [-0.1, -0.05) is 12.1 Å². The average Bonchev–Trinajstić information content (AvgIpc) is 2.81. The minimum absolute atomic E-state index is 0.310. The smallest absolute Gasteiger partial charge is 0.337 e. The lowest BCUT2D eigenvalue weighted by Gasteiger charge is -2.19. The molecular weight excluding hydrogens is 236 g/mol. The normalized spacial score (nSPS) is 10.2. The molecule has 2 rings (SSSR count).